The van der Waals surface area contributed by atoms with Crippen molar-refractivity contribution in [1.29, 1.82) is 0 Å². The molecule has 2 heterocycles. The Morgan fingerprint density at radius 1 is 1.00 bits per heavy atom. The Labute approximate surface area is 140 Å². The van der Waals surface area contributed by atoms with Crippen LogP contribution in [0.3, 0.4) is 0 Å². The molecule has 0 fully saturated rings. The summed E-state index contributed by atoms with van der Waals surface area (Å²) in [6.07, 6.45) is 0. The van der Waals surface area contributed by atoms with Crippen LogP contribution >= 0.6 is 0 Å². The van der Waals surface area contributed by atoms with Gasteiger partial charge in [-0.1, -0.05) is 12.1 Å². The Morgan fingerprint density at radius 3 is 2.28 bits per heavy atom. The molecule has 3 N–H and O–H groups in total. The molecule has 2 aromatic carbocycles. The quantitative estimate of drug-likeness (QED) is 0.531. The van der Waals surface area contributed by atoms with E-state index in [1.807, 2.05) is 0 Å². The highest BCUT2D eigenvalue weighted by atomic mass is 16.2. The highest BCUT2D eigenvalue weighted by molar-refractivity contribution is 6.22. The Balaban J connectivity index is 1.72. The van der Waals surface area contributed by atoms with Gasteiger partial charge >= 0.3 is 5.69 Å². The van der Waals surface area contributed by atoms with Crippen LogP contribution in [0, 0.1) is 0 Å². The number of aromatic amines is 1. The first-order chi connectivity index (χ1) is 12.0. The second-order valence-electron chi connectivity index (χ2n) is 5.68. The first kappa shape index (κ1) is 14.9. The van der Waals surface area contributed by atoms with E-state index in [1.54, 1.807) is 24.3 Å². The van der Waals surface area contributed by atoms with Gasteiger partial charge in [-0.3, -0.25) is 19.3 Å². The van der Waals surface area contributed by atoms with E-state index in [0.717, 1.165) is 9.47 Å². The Morgan fingerprint density at radius 2 is 1.64 bits per heavy atom. The first-order valence-electron chi connectivity index (χ1n) is 7.46. The fourth-order valence-electron chi connectivity index (χ4n) is 2.96. The van der Waals surface area contributed by atoms with Crippen LogP contribution in [0.5, 0.6) is 0 Å². The maximum Gasteiger partial charge on any atom is 0.333 e. The molecule has 0 saturated heterocycles. The number of fused-ring (bicyclic) bond motifs is 2. The van der Waals surface area contributed by atoms with Gasteiger partial charge in [-0.15, -0.1) is 0 Å². The second-order valence-corrected chi connectivity index (χ2v) is 5.68. The van der Waals surface area contributed by atoms with Crippen molar-refractivity contribution >= 4 is 34.4 Å². The molecule has 1 aliphatic heterocycles. The summed E-state index contributed by atoms with van der Waals surface area (Å²) < 4.78 is 0.884. The lowest BCUT2D eigenvalue weighted by Crippen LogP contribution is -2.39. The van der Waals surface area contributed by atoms with Crippen molar-refractivity contribution in [3.05, 3.63) is 64.1 Å². The van der Waals surface area contributed by atoms with Gasteiger partial charge in [0.05, 0.1) is 22.2 Å². The minimum Gasteiger partial charge on any atom is -0.399 e. The van der Waals surface area contributed by atoms with Gasteiger partial charge in [0.2, 0.25) is 0 Å². The number of benzene rings is 2. The fraction of sp³-hybridized carbons (Fsp3) is 0.0588. The average Bonchev–Trinajstić information content (AvgIpc) is 3.04. The maximum atomic E-state index is 12.6. The van der Waals surface area contributed by atoms with E-state index in [2.05, 4.69) is 4.98 Å². The van der Waals surface area contributed by atoms with Crippen LogP contribution in [0.1, 0.15) is 25.5 Å². The van der Waals surface area contributed by atoms with Gasteiger partial charge in [0.25, 0.3) is 17.7 Å². The molecule has 0 radical (unpaired) electrons. The van der Waals surface area contributed by atoms with E-state index in [9.17, 15) is 19.2 Å². The summed E-state index contributed by atoms with van der Waals surface area (Å²) >= 11 is 0. The number of hydrogen-bond acceptors (Lipinski definition) is 5. The molecule has 0 atom stereocenters. The smallest absolute Gasteiger partial charge is 0.333 e. The number of imidazole rings is 1. The lowest BCUT2D eigenvalue weighted by Gasteiger charge is -2.13. The fourth-order valence-corrected chi connectivity index (χ4v) is 2.96. The van der Waals surface area contributed by atoms with Crippen LogP contribution in [0.4, 0.5) is 5.69 Å². The second kappa shape index (κ2) is 5.17. The first-order valence-corrected chi connectivity index (χ1v) is 7.46. The Hall–Kier alpha value is -3.68. The lowest BCUT2D eigenvalue weighted by molar-refractivity contribution is 0.0605. The summed E-state index contributed by atoms with van der Waals surface area (Å²) in [6, 6.07) is 11.0. The Bertz CT molecular complexity index is 1090. The zero-order chi connectivity index (χ0) is 17.7. The molecule has 0 unspecified atom stereocenters. The molecule has 8 nitrogen and oxygen atoms in total. The highest BCUT2D eigenvalue weighted by Gasteiger charge is 2.36. The van der Waals surface area contributed by atoms with Crippen LogP contribution in [-0.4, -0.2) is 38.7 Å². The molecular formula is C17H12N4O4. The average molecular weight is 336 g/mol. The van der Waals surface area contributed by atoms with Gasteiger partial charge in [-0.2, -0.15) is 0 Å². The molecule has 3 aromatic rings. The minimum atomic E-state index is -0.698. The van der Waals surface area contributed by atoms with Gasteiger partial charge in [0.1, 0.15) is 6.54 Å². The van der Waals surface area contributed by atoms with Gasteiger partial charge in [-0.25, -0.2) is 9.36 Å². The van der Waals surface area contributed by atoms with Crippen LogP contribution in [0.2, 0.25) is 0 Å². The lowest BCUT2D eigenvalue weighted by atomic mass is 10.1. The third-order valence-corrected chi connectivity index (χ3v) is 4.13. The number of rotatable bonds is 2. The number of nitrogens with zero attached hydrogens (tertiary/aromatic N) is 2. The third kappa shape index (κ3) is 2.15. The summed E-state index contributed by atoms with van der Waals surface area (Å²) in [5.74, 6) is -1.81. The van der Waals surface area contributed by atoms with Crippen molar-refractivity contribution < 1.29 is 14.4 Å². The van der Waals surface area contributed by atoms with Crippen LogP contribution < -0.4 is 11.4 Å². The molecule has 2 amide bonds. The number of carbonyl (C=O) groups excluding carboxylic acids is 3. The van der Waals surface area contributed by atoms with Crippen LogP contribution in [0.15, 0.2) is 47.3 Å². The van der Waals surface area contributed by atoms with E-state index in [0.29, 0.717) is 16.7 Å². The molecule has 0 bridgehead atoms. The van der Waals surface area contributed by atoms with Crippen LogP contribution in [0.25, 0.3) is 11.0 Å². The minimum absolute atomic E-state index is 0.246. The maximum absolute atomic E-state index is 12.6. The summed E-state index contributed by atoms with van der Waals surface area (Å²) in [4.78, 5) is 52.8. The summed E-state index contributed by atoms with van der Waals surface area (Å²) in [5.41, 5.74) is 6.67. The van der Waals surface area contributed by atoms with E-state index in [-0.39, 0.29) is 11.1 Å². The zero-order valence-electron chi connectivity index (χ0n) is 12.9. The van der Waals surface area contributed by atoms with Gasteiger partial charge < -0.3 is 10.7 Å². The van der Waals surface area contributed by atoms with Crippen molar-refractivity contribution in [2.75, 3.05) is 12.3 Å². The molecule has 4 rings (SSSR count). The predicted octanol–water partition coefficient (Wildman–Crippen LogP) is 0.848. The van der Waals surface area contributed by atoms with E-state index < -0.39 is 30.0 Å². The third-order valence-electron chi connectivity index (χ3n) is 4.13. The molecule has 1 aromatic heterocycles. The number of H-pyrrole nitrogens is 1. The number of imide groups is 1. The van der Waals surface area contributed by atoms with Crippen molar-refractivity contribution in [1.82, 2.24) is 14.5 Å². The SMILES string of the molecule is Nc1ccc2[nH]c(=O)n(C(=O)CN3C(=O)c4ccccc4C3=O)c2c1. The normalized spacial score (nSPS) is 13.5. The van der Waals surface area contributed by atoms with Crippen LogP contribution in [-0.2, 0) is 0 Å². The highest BCUT2D eigenvalue weighted by Crippen LogP contribution is 2.22. The number of nitrogens with one attached hydrogen (secondary N) is 1. The van der Waals surface area contributed by atoms with Crippen molar-refractivity contribution in [2.24, 2.45) is 0 Å². The van der Waals surface area contributed by atoms with E-state index in [4.69, 9.17) is 5.73 Å². The monoisotopic (exact) mass is 336 g/mol. The molecule has 8 heteroatoms. The predicted molar refractivity (Wildman–Crippen MR) is 89.4 cm³/mol. The molecule has 0 saturated carbocycles. The number of nitrogen functional groups attached to an aromatic ring is 1. The largest absolute Gasteiger partial charge is 0.399 e. The topological polar surface area (TPSA) is 118 Å². The van der Waals surface area contributed by atoms with Crippen molar-refractivity contribution in [3.8, 4) is 0 Å². The molecule has 124 valence electrons. The summed E-state index contributed by atoms with van der Waals surface area (Å²) in [6.45, 7) is -0.534. The Kier molecular flexibility index (Phi) is 3.08. The number of carbonyl (C=O) groups is 3. The number of aromatic nitrogens is 2. The van der Waals surface area contributed by atoms with Gasteiger partial charge in [-0.05, 0) is 30.3 Å². The summed E-state index contributed by atoms with van der Waals surface area (Å²) in [5, 5.41) is 0. The van der Waals surface area contributed by atoms with Crippen molar-refractivity contribution in [2.45, 2.75) is 0 Å². The molecular weight excluding hydrogens is 324 g/mol. The van der Waals surface area contributed by atoms with Gasteiger partial charge in [0, 0.05) is 5.69 Å². The molecule has 25 heavy (non-hydrogen) atoms. The van der Waals surface area contributed by atoms with E-state index in [1.165, 1.54) is 18.2 Å². The van der Waals surface area contributed by atoms with E-state index >= 15 is 0 Å². The zero-order valence-corrected chi connectivity index (χ0v) is 12.9. The number of hydrogen-bond donors (Lipinski definition) is 2. The number of amides is 2. The molecule has 1 aliphatic rings. The number of nitrogens with two attached hydrogens (primary N) is 1. The summed E-state index contributed by atoms with van der Waals surface area (Å²) in [7, 11) is 0. The van der Waals surface area contributed by atoms with Crippen molar-refractivity contribution in [3.63, 3.8) is 0 Å². The molecule has 0 aliphatic carbocycles. The van der Waals surface area contributed by atoms with Gasteiger partial charge in [0.15, 0.2) is 0 Å². The number of anilines is 1. The standard InChI is InChI=1S/C17H12N4O4/c18-9-5-6-12-13(7-9)21(17(25)19-12)14(22)8-20-15(23)10-3-1-2-4-11(10)16(20)24/h1-7H,8,18H2,(H,19,25). The molecule has 0 spiro atoms.